The van der Waals surface area contributed by atoms with Gasteiger partial charge in [-0.05, 0) is 24.0 Å². The van der Waals surface area contributed by atoms with Crippen LogP contribution in [0.5, 0.6) is 0 Å². The zero-order valence-corrected chi connectivity index (χ0v) is 9.19. The SMILES string of the molecule is O=C(O)Cc1cccc(C2CCCOC2)c1. The van der Waals surface area contributed by atoms with E-state index in [0.717, 1.165) is 31.6 Å². The highest BCUT2D eigenvalue weighted by molar-refractivity contribution is 5.70. The van der Waals surface area contributed by atoms with Gasteiger partial charge in [0.05, 0.1) is 13.0 Å². The molecule has 86 valence electrons. The van der Waals surface area contributed by atoms with E-state index in [1.165, 1.54) is 5.56 Å². The maximum Gasteiger partial charge on any atom is 0.307 e. The summed E-state index contributed by atoms with van der Waals surface area (Å²) in [7, 11) is 0. The van der Waals surface area contributed by atoms with Crippen LogP contribution in [-0.2, 0) is 16.0 Å². The monoisotopic (exact) mass is 220 g/mol. The largest absolute Gasteiger partial charge is 0.481 e. The average Bonchev–Trinajstić information content (AvgIpc) is 2.30. The molecule has 3 nitrogen and oxygen atoms in total. The molecule has 0 bridgehead atoms. The van der Waals surface area contributed by atoms with Gasteiger partial charge in [-0.2, -0.15) is 0 Å². The molecule has 16 heavy (non-hydrogen) atoms. The van der Waals surface area contributed by atoms with Gasteiger partial charge in [0.15, 0.2) is 0 Å². The quantitative estimate of drug-likeness (QED) is 0.849. The lowest BCUT2D eigenvalue weighted by Gasteiger charge is -2.22. The van der Waals surface area contributed by atoms with Crippen molar-refractivity contribution < 1.29 is 14.6 Å². The second-order valence-corrected chi connectivity index (χ2v) is 4.23. The van der Waals surface area contributed by atoms with E-state index < -0.39 is 5.97 Å². The molecule has 0 aliphatic carbocycles. The fraction of sp³-hybridized carbons (Fsp3) is 0.462. The minimum Gasteiger partial charge on any atom is -0.481 e. The van der Waals surface area contributed by atoms with E-state index in [4.69, 9.17) is 9.84 Å². The summed E-state index contributed by atoms with van der Waals surface area (Å²) >= 11 is 0. The zero-order chi connectivity index (χ0) is 11.4. The number of rotatable bonds is 3. The number of aliphatic carboxylic acids is 1. The normalized spacial score (nSPS) is 20.6. The Balaban J connectivity index is 2.11. The van der Waals surface area contributed by atoms with Crippen LogP contribution in [0.25, 0.3) is 0 Å². The first-order valence-corrected chi connectivity index (χ1v) is 5.64. The second kappa shape index (κ2) is 5.12. The van der Waals surface area contributed by atoms with E-state index in [1.54, 1.807) is 0 Å². The molecule has 0 aromatic heterocycles. The van der Waals surface area contributed by atoms with Crippen molar-refractivity contribution in [3.05, 3.63) is 35.4 Å². The molecule has 1 aliphatic rings. The third kappa shape index (κ3) is 2.83. The summed E-state index contributed by atoms with van der Waals surface area (Å²) in [6, 6.07) is 7.85. The van der Waals surface area contributed by atoms with Crippen LogP contribution >= 0.6 is 0 Å². The molecule has 1 saturated heterocycles. The standard InChI is InChI=1S/C13H16O3/c14-13(15)8-10-3-1-4-11(7-10)12-5-2-6-16-9-12/h1,3-4,7,12H,2,5-6,8-9H2,(H,14,15). The Hall–Kier alpha value is -1.35. The lowest BCUT2D eigenvalue weighted by molar-refractivity contribution is -0.136. The first-order valence-electron chi connectivity index (χ1n) is 5.64. The number of carbonyl (C=O) groups is 1. The molecular weight excluding hydrogens is 204 g/mol. The van der Waals surface area contributed by atoms with Gasteiger partial charge in [-0.1, -0.05) is 24.3 Å². The van der Waals surface area contributed by atoms with Crippen LogP contribution in [0, 0.1) is 0 Å². The molecule has 1 atom stereocenters. The van der Waals surface area contributed by atoms with E-state index in [1.807, 2.05) is 18.2 Å². The minimum absolute atomic E-state index is 0.0986. The van der Waals surface area contributed by atoms with Crippen LogP contribution in [0.4, 0.5) is 0 Å². The lowest BCUT2D eigenvalue weighted by Crippen LogP contribution is -2.15. The fourth-order valence-electron chi connectivity index (χ4n) is 2.14. The van der Waals surface area contributed by atoms with E-state index in [9.17, 15) is 4.79 Å². The molecule has 1 heterocycles. The van der Waals surface area contributed by atoms with Gasteiger partial charge in [0, 0.05) is 12.5 Å². The smallest absolute Gasteiger partial charge is 0.307 e. The van der Waals surface area contributed by atoms with Crippen LogP contribution in [0.3, 0.4) is 0 Å². The summed E-state index contributed by atoms with van der Waals surface area (Å²) in [6.45, 7) is 1.61. The van der Waals surface area contributed by atoms with Crippen LogP contribution in [0.1, 0.15) is 29.9 Å². The predicted molar refractivity (Wildman–Crippen MR) is 60.6 cm³/mol. The van der Waals surface area contributed by atoms with Gasteiger partial charge < -0.3 is 9.84 Å². The number of hydrogen-bond acceptors (Lipinski definition) is 2. The molecule has 0 radical (unpaired) electrons. The van der Waals surface area contributed by atoms with Crippen LogP contribution in [-0.4, -0.2) is 24.3 Å². The van der Waals surface area contributed by atoms with Crippen LogP contribution < -0.4 is 0 Å². The number of benzene rings is 1. The summed E-state index contributed by atoms with van der Waals surface area (Å²) in [4.78, 5) is 10.6. The molecule has 1 aromatic rings. The molecular formula is C13H16O3. The Bertz CT molecular complexity index is 367. The molecule has 1 unspecified atom stereocenters. The Morgan fingerprint density at radius 1 is 1.50 bits per heavy atom. The van der Waals surface area contributed by atoms with Crippen molar-refractivity contribution in [1.82, 2.24) is 0 Å². The third-order valence-corrected chi connectivity index (χ3v) is 2.94. The summed E-state index contributed by atoms with van der Waals surface area (Å²) in [5.41, 5.74) is 2.08. The van der Waals surface area contributed by atoms with Crippen LogP contribution in [0.2, 0.25) is 0 Å². The first kappa shape index (κ1) is 11.1. The van der Waals surface area contributed by atoms with E-state index in [0.29, 0.717) is 5.92 Å². The fourth-order valence-corrected chi connectivity index (χ4v) is 2.14. The minimum atomic E-state index is -0.781. The molecule has 0 amide bonds. The molecule has 1 aliphatic heterocycles. The number of carboxylic acid groups (broad SMARTS) is 1. The van der Waals surface area contributed by atoms with Gasteiger partial charge >= 0.3 is 5.97 Å². The number of carboxylic acids is 1. The van der Waals surface area contributed by atoms with Crippen LogP contribution in [0.15, 0.2) is 24.3 Å². The zero-order valence-electron chi connectivity index (χ0n) is 9.19. The maximum atomic E-state index is 10.6. The second-order valence-electron chi connectivity index (χ2n) is 4.23. The molecule has 3 heteroatoms. The van der Waals surface area contributed by atoms with Gasteiger partial charge in [-0.15, -0.1) is 0 Å². The topological polar surface area (TPSA) is 46.5 Å². The summed E-state index contributed by atoms with van der Waals surface area (Å²) < 4.78 is 5.44. The molecule has 1 fully saturated rings. The van der Waals surface area contributed by atoms with Crippen molar-refractivity contribution in [2.45, 2.75) is 25.2 Å². The Labute approximate surface area is 95.0 Å². The molecule has 1 N–H and O–H groups in total. The van der Waals surface area contributed by atoms with Crippen molar-refractivity contribution in [2.24, 2.45) is 0 Å². The Morgan fingerprint density at radius 2 is 2.38 bits per heavy atom. The maximum absolute atomic E-state index is 10.6. The highest BCUT2D eigenvalue weighted by Gasteiger charge is 2.16. The van der Waals surface area contributed by atoms with Gasteiger partial charge in [0.25, 0.3) is 0 Å². The van der Waals surface area contributed by atoms with E-state index in [-0.39, 0.29) is 6.42 Å². The van der Waals surface area contributed by atoms with Gasteiger partial charge in [0.2, 0.25) is 0 Å². The number of hydrogen-bond donors (Lipinski definition) is 1. The van der Waals surface area contributed by atoms with Gasteiger partial charge in [-0.25, -0.2) is 0 Å². The first-order chi connectivity index (χ1) is 7.75. The van der Waals surface area contributed by atoms with E-state index in [2.05, 4.69) is 6.07 Å². The molecule has 2 rings (SSSR count). The molecule has 1 aromatic carbocycles. The third-order valence-electron chi connectivity index (χ3n) is 2.94. The highest BCUT2D eigenvalue weighted by Crippen LogP contribution is 2.25. The average molecular weight is 220 g/mol. The molecule has 0 saturated carbocycles. The highest BCUT2D eigenvalue weighted by atomic mass is 16.5. The summed E-state index contributed by atoms with van der Waals surface area (Å²) in [5, 5.41) is 8.74. The van der Waals surface area contributed by atoms with Gasteiger partial charge in [-0.3, -0.25) is 4.79 Å². The van der Waals surface area contributed by atoms with Crippen molar-refractivity contribution in [3.8, 4) is 0 Å². The molecule has 0 spiro atoms. The van der Waals surface area contributed by atoms with Gasteiger partial charge in [0.1, 0.15) is 0 Å². The summed E-state index contributed by atoms with van der Waals surface area (Å²) in [5.74, 6) is -0.348. The van der Waals surface area contributed by atoms with Crippen molar-refractivity contribution in [1.29, 1.82) is 0 Å². The van der Waals surface area contributed by atoms with E-state index >= 15 is 0 Å². The Kier molecular flexibility index (Phi) is 3.57. The lowest BCUT2D eigenvalue weighted by atomic mass is 9.92. The summed E-state index contributed by atoms with van der Waals surface area (Å²) in [6.07, 6.45) is 2.33. The van der Waals surface area contributed by atoms with Crippen molar-refractivity contribution in [3.63, 3.8) is 0 Å². The predicted octanol–water partition coefficient (Wildman–Crippen LogP) is 2.21. The van der Waals surface area contributed by atoms with Crippen molar-refractivity contribution in [2.75, 3.05) is 13.2 Å². The van der Waals surface area contributed by atoms with Crippen molar-refractivity contribution >= 4 is 5.97 Å². The number of ether oxygens (including phenoxy) is 1. The Morgan fingerprint density at radius 3 is 3.06 bits per heavy atom.